The van der Waals surface area contributed by atoms with Crippen molar-refractivity contribution >= 4 is 0 Å². The van der Waals surface area contributed by atoms with Gasteiger partial charge in [-0.25, -0.2) is 0 Å². The van der Waals surface area contributed by atoms with Crippen molar-refractivity contribution < 1.29 is 0 Å². The predicted octanol–water partition coefficient (Wildman–Crippen LogP) is 3.42. The van der Waals surface area contributed by atoms with E-state index in [9.17, 15) is 0 Å². The van der Waals surface area contributed by atoms with E-state index in [1.165, 1.54) is 24.9 Å². The lowest BCUT2D eigenvalue weighted by atomic mass is 10.2. The standard InChI is InChI=1S/C15H22N2/c1-3-4-10-16-11-12-17(14(16)2)13-15-8-6-5-7-9-15/h5-9,11-12,14H,3-4,10,13H2,1-2H3. The molecule has 1 aromatic carbocycles. The molecule has 0 bridgehead atoms. The van der Waals surface area contributed by atoms with Crippen LogP contribution in [0.1, 0.15) is 32.3 Å². The van der Waals surface area contributed by atoms with E-state index in [0.29, 0.717) is 6.17 Å². The summed E-state index contributed by atoms with van der Waals surface area (Å²) in [5, 5.41) is 0. The van der Waals surface area contributed by atoms with Crippen molar-refractivity contribution in [2.45, 2.75) is 39.4 Å². The second-order valence-corrected chi connectivity index (χ2v) is 4.68. The molecule has 17 heavy (non-hydrogen) atoms. The summed E-state index contributed by atoms with van der Waals surface area (Å²) in [6.45, 7) is 6.69. The third-order valence-corrected chi connectivity index (χ3v) is 3.39. The van der Waals surface area contributed by atoms with Crippen LogP contribution in [0.4, 0.5) is 0 Å². The Morgan fingerprint density at radius 1 is 1.06 bits per heavy atom. The fraction of sp³-hybridized carbons (Fsp3) is 0.467. The molecule has 92 valence electrons. The van der Waals surface area contributed by atoms with Gasteiger partial charge in [0.25, 0.3) is 0 Å². The first-order valence-electron chi connectivity index (χ1n) is 6.55. The highest BCUT2D eigenvalue weighted by Crippen LogP contribution is 2.18. The van der Waals surface area contributed by atoms with Crippen LogP contribution in [0.5, 0.6) is 0 Å². The number of hydrogen-bond acceptors (Lipinski definition) is 2. The summed E-state index contributed by atoms with van der Waals surface area (Å²) in [5.41, 5.74) is 1.38. The summed E-state index contributed by atoms with van der Waals surface area (Å²) in [6.07, 6.45) is 7.46. The Balaban J connectivity index is 1.90. The molecule has 0 N–H and O–H groups in total. The first-order valence-corrected chi connectivity index (χ1v) is 6.55. The molecular formula is C15H22N2. The molecular weight excluding hydrogens is 208 g/mol. The zero-order chi connectivity index (χ0) is 12.1. The molecule has 0 spiro atoms. The quantitative estimate of drug-likeness (QED) is 0.764. The van der Waals surface area contributed by atoms with Crippen molar-refractivity contribution in [2.24, 2.45) is 0 Å². The summed E-state index contributed by atoms with van der Waals surface area (Å²) in [6, 6.07) is 10.7. The third kappa shape index (κ3) is 3.02. The van der Waals surface area contributed by atoms with E-state index in [2.05, 4.69) is 66.4 Å². The summed E-state index contributed by atoms with van der Waals surface area (Å²) in [4.78, 5) is 4.82. The first kappa shape index (κ1) is 12.0. The lowest BCUT2D eigenvalue weighted by Gasteiger charge is -2.29. The van der Waals surface area contributed by atoms with Gasteiger partial charge in [-0.05, 0) is 18.9 Å². The SMILES string of the molecule is CCCCN1C=CN(Cc2ccccc2)C1C. The molecule has 2 rings (SSSR count). The molecule has 0 aliphatic carbocycles. The van der Waals surface area contributed by atoms with E-state index < -0.39 is 0 Å². The Kier molecular flexibility index (Phi) is 4.08. The van der Waals surface area contributed by atoms with Crippen molar-refractivity contribution in [3.05, 3.63) is 48.3 Å². The average Bonchev–Trinajstić information content (AvgIpc) is 2.70. The van der Waals surface area contributed by atoms with Gasteiger partial charge < -0.3 is 9.80 Å². The van der Waals surface area contributed by atoms with Gasteiger partial charge in [-0.1, -0.05) is 43.7 Å². The van der Waals surface area contributed by atoms with E-state index >= 15 is 0 Å². The van der Waals surface area contributed by atoms with Crippen LogP contribution in [0.2, 0.25) is 0 Å². The molecule has 1 unspecified atom stereocenters. The van der Waals surface area contributed by atoms with Gasteiger partial charge in [-0.2, -0.15) is 0 Å². The summed E-state index contributed by atoms with van der Waals surface area (Å²) < 4.78 is 0. The molecule has 0 fully saturated rings. The van der Waals surface area contributed by atoms with E-state index in [0.717, 1.165) is 6.54 Å². The monoisotopic (exact) mass is 230 g/mol. The zero-order valence-electron chi connectivity index (χ0n) is 10.8. The highest BCUT2D eigenvalue weighted by molar-refractivity contribution is 5.15. The van der Waals surface area contributed by atoms with Crippen LogP contribution in [-0.4, -0.2) is 22.5 Å². The summed E-state index contributed by atoms with van der Waals surface area (Å²) in [5.74, 6) is 0. The largest absolute Gasteiger partial charge is 0.356 e. The average molecular weight is 230 g/mol. The van der Waals surface area contributed by atoms with Gasteiger partial charge in [0.15, 0.2) is 0 Å². The van der Waals surface area contributed by atoms with Crippen LogP contribution in [0, 0.1) is 0 Å². The van der Waals surface area contributed by atoms with Gasteiger partial charge in [0.2, 0.25) is 0 Å². The minimum Gasteiger partial charge on any atom is -0.356 e. The maximum atomic E-state index is 2.42. The van der Waals surface area contributed by atoms with Crippen molar-refractivity contribution in [3.8, 4) is 0 Å². The van der Waals surface area contributed by atoms with Crippen LogP contribution >= 0.6 is 0 Å². The molecule has 0 aromatic heterocycles. The highest BCUT2D eigenvalue weighted by Gasteiger charge is 2.20. The van der Waals surface area contributed by atoms with E-state index in [4.69, 9.17) is 0 Å². The van der Waals surface area contributed by atoms with Gasteiger partial charge in [-0.15, -0.1) is 0 Å². The lowest BCUT2D eigenvalue weighted by molar-refractivity contribution is 0.163. The molecule has 2 nitrogen and oxygen atoms in total. The van der Waals surface area contributed by atoms with Crippen LogP contribution in [0.25, 0.3) is 0 Å². The summed E-state index contributed by atoms with van der Waals surface area (Å²) in [7, 11) is 0. The zero-order valence-corrected chi connectivity index (χ0v) is 10.8. The highest BCUT2D eigenvalue weighted by atomic mass is 15.4. The lowest BCUT2D eigenvalue weighted by Crippen LogP contribution is -2.35. The van der Waals surface area contributed by atoms with Gasteiger partial charge in [-0.3, -0.25) is 0 Å². The number of nitrogens with zero attached hydrogens (tertiary/aromatic N) is 2. The predicted molar refractivity (Wildman–Crippen MR) is 72.2 cm³/mol. The number of hydrogen-bond donors (Lipinski definition) is 0. The Morgan fingerprint density at radius 3 is 2.47 bits per heavy atom. The molecule has 1 aromatic rings. The van der Waals surface area contributed by atoms with Crippen LogP contribution < -0.4 is 0 Å². The maximum absolute atomic E-state index is 2.42. The smallest absolute Gasteiger partial charge is 0.0981 e. The topological polar surface area (TPSA) is 6.48 Å². The van der Waals surface area contributed by atoms with E-state index in [-0.39, 0.29) is 0 Å². The normalized spacial score (nSPS) is 19.1. The second-order valence-electron chi connectivity index (χ2n) is 4.68. The molecule has 1 aliphatic rings. The molecule has 0 saturated carbocycles. The molecule has 1 heterocycles. The van der Waals surface area contributed by atoms with Crippen molar-refractivity contribution in [2.75, 3.05) is 6.54 Å². The molecule has 1 aliphatic heterocycles. The van der Waals surface area contributed by atoms with Crippen LogP contribution in [0.3, 0.4) is 0 Å². The Bertz CT molecular complexity index is 358. The molecule has 0 radical (unpaired) electrons. The van der Waals surface area contributed by atoms with Crippen LogP contribution in [0.15, 0.2) is 42.7 Å². The van der Waals surface area contributed by atoms with E-state index in [1.807, 2.05) is 0 Å². The molecule has 1 atom stereocenters. The van der Waals surface area contributed by atoms with Gasteiger partial charge >= 0.3 is 0 Å². The fourth-order valence-electron chi connectivity index (χ4n) is 2.19. The minimum absolute atomic E-state index is 0.488. The Hall–Kier alpha value is -1.44. The number of benzene rings is 1. The minimum atomic E-state index is 0.488. The number of rotatable bonds is 5. The van der Waals surface area contributed by atoms with Crippen molar-refractivity contribution in [1.82, 2.24) is 9.80 Å². The summed E-state index contributed by atoms with van der Waals surface area (Å²) >= 11 is 0. The van der Waals surface area contributed by atoms with Gasteiger partial charge in [0, 0.05) is 25.5 Å². The Labute approximate surface area is 105 Å². The molecule has 0 saturated heterocycles. The van der Waals surface area contributed by atoms with Crippen molar-refractivity contribution in [3.63, 3.8) is 0 Å². The fourth-order valence-corrected chi connectivity index (χ4v) is 2.19. The number of unbranched alkanes of at least 4 members (excludes halogenated alkanes) is 1. The Morgan fingerprint density at radius 2 is 1.76 bits per heavy atom. The van der Waals surface area contributed by atoms with Gasteiger partial charge in [0.05, 0.1) is 6.17 Å². The first-order chi connectivity index (χ1) is 8.31. The van der Waals surface area contributed by atoms with Crippen molar-refractivity contribution in [1.29, 1.82) is 0 Å². The van der Waals surface area contributed by atoms with Crippen LogP contribution in [-0.2, 0) is 6.54 Å². The van der Waals surface area contributed by atoms with Gasteiger partial charge in [0.1, 0.15) is 0 Å². The maximum Gasteiger partial charge on any atom is 0.0981 e. The third-order valence-electron chi connectivity index (χ3n) is 3.39. The second kappa shape index (κ2) is 5.76. The molecule has 0 amide bonds. The van der Waals surface area contributed by atoms with E-state index in [1.54, 1.807) is 0 Å². The molecule has 2 heteroatoms.